The number of ether oxygens (including phenoxy) is 1. The number of hydrogen-bond acceptors (Lipinski definition) is 7. The Morgan fingerprint density at radius 2 is 1.98 bits per heavy atom. The zero-order valence-electron chi connectivity index (χ0n) is 24.1. The van der Waals surface area contributed by atoms with Gasteiger partial charge in [0.05, 0.1) is 24.5 Å². The maximum absolute atomic E-state index is 14.0. The third-order valence-electron chi connectivity index (χ3n) is 7.69. The number of imidazole rings is 1. The molecule has 11 nitrogen and oxygen atoms in total. The molecule has 0 radical (unpaired) electrons. The van der Waals surface area contributed by atoms with Crippen LogP contribution in [0.1, 0.15) is 41.8 Å². The number of hydrogen-bond donors (Lipinski definition) is 2. The van der Waals surface area contributed by atoms with Crippen molar-refractivity contribution in [3.05, 3.63) is 112 Å². The lowest BCUT2D eigenvalue weighted by Gasteiger charge is -2.40. The van der Waals surface area contributed by atoms with Crippen molar-refractivity contribution in [1.82, 2.24) is 35.1 Å². The van der Waals surface area contributed by atoms with Crippen LogP contribution >= 0.6 is 27.5 Å². The number of tetrazole rings is 1. The summed E-state index contributed by atoms with van der Waals surface area (Å²) in [5, 5.41) is 14.6. The van der Waals surface area contributed by atoms with Gasteiger partial charge < -0.3 is 14.6 Å². The molecule has 5 aromatic rings. The lowest BCUT2D eigenvalue weighted by Crippen LogP contribution is -2.41. The van der Waals surface area contributed by atoms with Gasteiger partial charge in [0, 0.05) is 51.0 Å². The van der Waals surface area contributed by atoms with Crippen molar-refractivity contribution < 1.29 is 14.3 Å². The summed E-state index contributed by atoms with van der Waals surface area (Å²) in [6.45, 7) is 0.570. The van der Waals surface area contributed by atoms with E-state index in [0.717, 1.165) is 28.4 Å². The Hall–Kier alpha value is -4.81. The summed E-state index contributed by atoms with van der Waals surface area (Å²) in [5.41, 5.74) is 4.64. The van der Waals surface area contributed by atoms with Crippen molar-refractivity contribution >= 4 is 51.3 Å². The Morgan fingerprint density at radius 1 is 1.13 bits per heavy atom. The van der Waals surface area contributed by atoms with Crippen molar-refractivity contribution in [2.45, 2.75) is 24.8 Å². The molecule has 1 aliphatic heterocycles. The standard InChI is InChI=1S/C32H28BrClN8O3/c1-45-32(44)37-23-11-12-25(26(33)17-23)27-18-35-31(38-27)30-24(20-6-3-2-4-7-20)8-5-15-41(30)29(43)14-9-21-16-22(34)10-13-28(21)42-19-36-39-40-42/h2-4,6-7,9-14,16-19,24,30H,5,8,15H2,1H3,(H,35,38)(H,37,44)/b14-9+. The summed E-state index contributed by atoms with van der Waals surface area (Å²) in [6.07, 6.45) is 7.81. The van der Waals surface area contributed by atoms with E-state index in [2.05, 4.69) is 53.9 Å². The van der Waals surface area contributed by atoms with E-state index in [-0.39, 0.29) is 17.9 Å². The Kier molecular flexibility index (Phi) is 9.03. The monoisotopic (exact) mass is 686 g/mol. The summed E-state index contributed by atoms with van der Waals surface area (Å²) in [5.74, 6) is 0.552. The predicted octanol–water partition coefficient (Wildman–Crippen LogP) is 6.81. The summed E-state index contributed by atoms with van der Waals surface area (Å²) >= 11 is 9.91. The molecule has 2 unspecified atom stereocenters. The van der Waals surface area contributed by atoms with Gasteiger partial charge in [-0.05, 0) is 71.3 Å². The minimum absolute atomic E-state index is 0.0225. The number of nitrogens with one attached hydrogen (secondary N) is 2. The molecule has 2 amide bonds. The van der Waals surface area contributed by atoms with Crippen LogP contribution in [-0.4, -0.2) is 60.7 Å². The first-order valence-corrected chi connectivity index (χ1v) is 15.3. The highest BCUT2D eigenvalue weighted by molar-refractivity contribution is 9.10. The molecule has 45 heavy (non-hydrogen) atoms. The summed E-state index contributed by atoms with van der Waals surface area (Å²) in [6, 6.07) is 20.6. The number of carbonyl (C=O) groups is 2. The van der Waals surface area contributed by atoms with Crippen molar-refractivity contribution in [2.24, 2.45) is 0 Å². The summed E-state index contributed by atoms with van der Waals surface area (Å²) in [4.78, 5) is 35.9. The third kappa shape index (κ3) is 6.66. The summed E-state index contributed by atoms with van der Waals surface area (Å²) in [7, 11) is 1.31. The van der Waals surface area contributed by atoms with Gasteiger partial charge in [0.25, 0.3) is 0 Å². The first kappa shape index (κ1) is 30.2. The van der Waals surface area contributed by atoms with E-state index >= 15 is 0 Å². The van der Waals surface area contributed by atoms with E-state index in [1.54, 1.807) is 42.5 Å². The largest absolute Gasteiger partial charge is 0.453 e. The second-order valence-electron chi connectivity index (χ2n) is 10.4. The lowest BCUT2D eigenvalue weighted by atomic mass is 9.83. The maximum atomic E-state index is 14.0. The van der Waals surface area contributed by atoms with Gasteiger partial charge in [-0.1, -0.05) is 57.9 Å². The van der Waals surface area contributed by atoms with E-state index in [1.807, 2.05) is 35.4 Å². The molecule has 2 aromatic heterocycles. The van der Waals surface area contributed by atoms with E-state index in [4.69, 9.17) is 21.3 Å². The first-order valence-electron chi connectivity index (χ1n) is 14.2. The van der Waals surface area contributed by atoms with E-state index in [9.17, 15) is 9.59 Å². The maximum Gasteiger partial charge on any atom is 0.411 e. The van der Waals surface area contributed by atoms with Crippen LogP contribution in [0.3, 0.4) is 0 Å². The quantitative estimate of drug-likeness (QED) is 0.180. The van der Waals surface area contributed by atoms with Crippen LogP contribution in [0.4, 0.5) is 10.5 Å². The first-order chi connectivity index (χ1) is 21.9. The number of anilines is 1. The molecule has 3 aromatic carbocycles. The van der Waals surface area contributed by atoms with Gasteiger partial charge in [0.1, 0.15) is 12.2 Å². The minimum atomic E-state index is -0.554. The molecule has 1 saturated heterocycles. The van der Waals surface area contributed by atoms with E-state index in [1.165, 1.54) is 18.1 Å². The highest BCUT2D eigenvalue weighted by Gasteiger charge is 2.37. The Balaban J connectivity index is 1.33. The number of rotatable bonds is 7. The van der Waals surface area contributed by atoms with Gasteiger partial charge in [0.15, 0.2) is 0 Å². The van der Waals surface area contributed by atoms with Gasteiger partial charge in [-0.15, -0.1) is 5.10 Å². The van der Waals surface area contributed by atoms with Gasteiger partial charge in [-0.3, -0.25) is 10.1 Å². The van der Waals surface area contributed by atoms with Crippen LogP contribution in [0.5, 0.6) is 0 Å². The molecule has 13 heteroatoms. The van der Waals surface area contributed by atoms with Crippen LogP contribution in [0.25, 0.3) is 23.0 Å². The van der Waals surface area contributed by atoms with Gasteiger partial charge in [0.2, 0.25) is 5.91 Å². The molecule has 228 valence electrons. The number of aromatic amines is 1. The predicted molar refractivity (Wildman–Crippen MR) is 174 cm³/mol. The Morgan fingerprint density at radius 3 is 2.73 bits per heavy atom. The lowest BCUT2D eigenvalue weighted by molar-refractivity contribution is -0.130. The molecule has 3 heterocycles. The Bertz CT molecular complexity index is 1840. The summed E-state index contributed by atoms with van der Waals surface area (Å²) < 4.78 is 6.96. The molecule has 2 atom stereocenters. The highest BCUT2D eigenvalue weighted by atomic mass is 79.9. The average Bonchev–Trinajstić information content (AvgIpc) is 3.77. The molecule has 0 aliphatic carbocycles. The number of amides is 2. The number of halogens is 2. The molecule has 0 spiro atoms. The number of methoxy groups -OCH3 is 1. The zero-order valence-corrected chi connectivity index (χ0v) is 26.4. The van der Waals surface area contributed by atoms with E-state index in [0.29, 0.717) is 40.0 Å². The minimum Gasteiger partial charge on any atom is -0.453 e. The Labute approximate surface area is 272 Å². The number of nitrogens with zero attached hydrogens (tertiary/aromatic N) is 6. The molecule has 2 N–H and O–H groups in total. The van der Waals surface area contributed by atoms with Gasteiger partial charge >= 0.3 is 6.09 Å². The number of H-pyrrole nitrogens is 1. The molecule has 0 saturated carbocycles. The highest BCUT2D eigenvalue weighted by Crippen LogP contribution is 2.42. The SMILES string of the molecule is COC(=O)Nc1ccc(-c2c[nH]c(C3C(c4ccccc4)CCCN3C(=O)/C=C/c3cc(Cl)ccc3-n3cnnn3)n2)c(Br)c1. The third-order valence-corrected chi connectivity index (χ3v) is 8.58. The fraction of sp³-hybridized carbons (Fsp3) is 0.188. The number of likely N-dealkylation sites (tertiary alicyclic amines) is 1. The van der Waals surface area contributed by atoms with Crippen LogP contribution in [0.2, 0.25) is 5.02 Å². The zero-order chi connectivity index (χ0) is 31.3. The molecular weight excluding hydrogens is 660 g/mol. The number of piperidine rings is 1. The topological polar surface area (TPSA) is 131 Å². The number of benzene rings is 3. The normalized spacial score (nSPS) is 16.6. The van der Waals surface area contributed by atoms with Gasteiger partial charge in [-0.2, -0.15) is 4.68 Å². The van der Waals surface area contributed by atoms with Crippen molar-refractivity contribution in [1.29, 1.82) is 0 Å². The van der Waals surface area contributed by atoms with Crippen molar-refractivity contribution in [2.75, 3.05) is 19.0 Å². The molecule has 1 fully saturated rings. The second-order valence-corrected chi connectivity index (χ2v) is 11.7. The van der Waals surface area contributed by atoms with Crippen LogP contribution in [0.15, 0.2) is 89.8 Å². The number of aromatic nitrogens is 6. The van der Waals surface area contributed by atoms with E-state index < -0.39 is 6.09 Å². The molecule has 6 rings (SSSR count). The smallest absolute Gasteiger partial charge is 0.411 e. The molecular formula is C32H28BrClN8O3. The molecule has 0 bridgehead atoms. The fourth-order valence-corrected chi connectivity index (χ4v) is 6.38. The fourth-order valence-electron chi connectivity index (χ4n) is 5.62. The molecule has 1 aliphatic rings. The number of carbonyl (C=O) groups excluding carboxylic acids is 2. The van der Waals surface area contributed by atoms with Crippen LogP contribution in [0, 0.1) is 0 Å². The average molecular weight is 688 g/mol. The van der Waals surface area contributed by atoms with Gasteiger partial charge in [-0.25, -0.2) is 9.78 Å². The van der Waals surface area contributed by atoms with Crippen LogP contribution in [-0.2, 0) is 9.53 Å². The van der Waals surface area contributed by atoms with Crippen LogP contribution < -0.4 is 5.32 Å². The van der Waals surface area contributed by atoms with Crippen molar-refractivity contribution in [3.63, 3.8) is 0 Å². The second kappa shape index (κ2) is 13.4. The van der Waals surface area contributed by atoms with Crippen molar-refractivity contribution in [3.8, 4) is 16.9 Å².